The maximum atomic E-state index is 12.0. The number of thiophene rings is 1. The maximum absolute atomic E-state index is 12.0. The lowest BCUT2D eigenvalue weighted by Gasteiger charge is -2.22. The van der Waals surface area contributed by atoms with Crippen molar-refractivity contribution in [1.29, 1.82) is 0 Å². The quantitative estimate of drug-likeness (QED) is 0.855. The maximum Gasteiger partial charge on any atom is 0.347 e. The van der Waals surface area contributed by atoms with Gasteiger partial charge in [0.05, 0.1) is 6.10 Å². The highest BCUT2D eigenvalue weighted by molar-refractivity contribution is 7.89. The van der Waals surface area contributed by atoms with Gasteiger partial charge >= 0.3 is 5.97 Å². The van der Waals surface area contributed by atoms with E-state index in [9.17, 15) is 13.2 Å². The molecular weight excluding hydrogens is 290 g/mol. The van der Waals surface area contributed by atoms with E-state index in [2.05, 4.69) is 4.72 Å². The first-order valence-corrected chi connectivity index (χ1v) is 8.29. The molecule has 1 unspecified atom stereocenters. The lowest BCUT2D eigenvalue weighted by atomic mass is 10.1. The molecule has 0 radical (unpaired) electrons. The number of ether oxygens (including phenoxy) is 1. The van der Waals surface area contributed by atoms with Gasteiger partial charge in [-0.15, -0.1) is 11.3 Å². The Hall–Kier alpha value is -0.960. The molecule has 1 aromatic rings. The van der Waals surface area contributed by atoms with Gasteiger partial charge in [0.15, 0.2) is 0 Å². The van der Waals surface area contributed by atoms with E-state index in [1.807, 2.05) is 0 Å². The Morgan fingerprint density at radius 1 is 1.53 bits per heavy atom. The first-order valence-electron chi connectivity index (χ1n) is 5.93. The van der Waals surface area contributed by atoms with Crippen LogP contribution in [0.25, 0.3) is 0 Å². The number of hydrogen-bond acceptors (Lipinski definition) is 5. The number of nitrogens with one attached hydrogen (secondary N) is 1. The van der Waals surface area contributed by atoms with Crippen molar-refractivity contribution >= 4 is 27.3 Å². The minimum atomic E-state index is -3.79. The van der Waals surface area contributed by atoms with Crippen LogP contribution in [0.5, 0.6) is 0 Å². The summed E-state index contributed by atoms with van der Waals surface area (Å²) in [6.07, 6.45) is 2.70. The van der Waals surface area contributed by atoms with Crippen LogP contribution in [-0.4, -0.2) is 38.7 Å². The third-order valence-corrected chi connectivity index (χ3v) is 5.39. The number of carboxylic acids is 1. The van der Waals surface area contributed by atoms with Crippen LogP contribution in [0.3, 0.4) is 0 Å². The van der Waals surface area contributed by atoms with Crippen LogP contribution in [-0.2, 0) is 14.8 Å². The van der Waals surface area contributed by atoms with Gasteiger partial charge in [0.25, 0.3) is 0 Å². The van der Waals surface area contributed by atoms with E-state index in [1.54, 1.807) is 0 Å². The van der Waals surface area contributed by atoms with Crippen LogP contribution < -0.4 is 4.72 Å². The number of carbonyl (C=O) groups is 1. The molecule has 2 rings (SSSR count). The summed E-state index contributed by atoms with van der Waals surface area (Å²) < 4.78 is 31.9. The van der Waals surface area contributed by atoms with E-state index < -0.39 is 16.0 Å². The van der Waals surface area contributed by atoms with Crippen LogP contribution in [0, 0.1) is 0 Å². The first kappa shape index (κ1) is 14.4. The molecule has 1 fully saturated rings. The topological polar surface area (TPSA) is 92.7 Å². The number of rotatable bonds is 5. The Morgan fingerprint density at radius 2 is 2.32 bits per heavy atom. The average molecular weight is 305 g/mol. The Morgan fingerprint density at radius 3 is 2.95 bits per heavy atom. The van der Waals surface area contributed by atoms with Crippen LogP contribution in [0.2, 0.25) is 0 Å². The van der Waals surface area contributed by atoms with Gasteiger partial charge < -0.3 is 9.84 Å². The zero-order valence-electron chi connectivity index (χ0n) is 10.2. The molecule has 8 heteroatoms. The van der Waals surface area contributed by atoms with E-state index in [0.717, 1.165) is 30.6 Å². The fourth-order valence-electron chi connectivity index (χ4n) is 1.91. The van der Waals surface area contributed by atoms with Gasteiger partial charge in [-0.1, -0.05) is 0 Å². The van der Waals surface area contributed by atoms with E-state index in [0.29, 0.717) is 6.61 Å². The molecule has 106 valence electrons. The number of sulfonamides is 1. The lowest BCUT2D eigenvalue weighted by molar-refractivity contribution is 0.0200. The molecule has 0 aromatic carbocycles. The predicted octanol–water partition coefficient (Wildman–Crippen LogP) is 1.29. The second-order valence-electron chi connectivity index (χ2n) is 4.26. The molecular formula is C11H15NO5S2. The molecule has 0 saturated carbocycles. The zero-order valence-corrected chi connectivity index (χ0v) is 11.8. The van der Waals surface area contributed by atoms with E-state index in [-0.39, 0.29) is 22.4 Å². The number of carboxylic acid groups (broad SMARTS) is 1. The van der Waals surface area contributed by atoms with Crippen LogP contribution >= 0.6 is 11.3 Å². The first-order chi connectivity index (χ1) is 9.00. The standard InChI is InChI=1S/C11H15NO5S2/c13-11(14)10-9(4-6-18-10)19(15,16)12-7-8-3-1-2-5-17-8/h4,6,8,12H,1-3,5,7H2,(H,13,14). The average Bonchev–Trinajstić information content (AvgIpc) is 2.88. The molecule has 2 N–H and O–H groups in total. The third-order valence-electron chi connectivity index (χ3n) is 2.89. The number of aromatic carboxylic acids is 1. The van der Waals surface area contributed by atoms with Crippen molar-refractivity contribution in [1.82, 2.24) is 4.72 Å². The Bertz CT molecular complexity index is 545. The second-order valence-corrected chi connectivity index (χ2v) is 6.91. The molecule has 0 amide bonds. The highest BCUT2D eigenvalue weighted by Crippen LogP contribution is 2.22. The molecule has 1 atom stereocenters. The summed E-state index contributed by atoms with van der Waals surface area (Å²) in [4.78, 5) is 10.6. The highest BCUT2D eigenvalue weighted by Gasteiger charge is 2.25. The summed E-state index contributed by atoms with van der Waals surface area (Å²) >= 11 is 0.896. The molecule has 1 aliphatic rings. The van der Waals surface area contributed by atoms with Gasteiger partial charge in [-0.25, -0.2) is 17.9 Å². The fraction of sp³-hybridized carbons (Fsp3) is 0.545. The molecule has 1 aromatic heterocycles. The molecule has 2 heterocycles. The summed E-state index contributed by atoms with van der Waals surface area (Å²) in [6, 6.07) is 1.30. The normalized spacial score (nSPS) is 20.3. The van der Waals surface area contributed by atoms with Crippen LogP contribution in [0.15, 0.2) is 16.3 Å². The Balaban J connectivity index is 2.05. The molecule has 0 aliphatic carbocycles. The summed E-state index contributed by atoms with van der Waals surface area (Å²) in [5, 5.41) is 10.4. The van der Waals surface area contributed by atoms with Gasteiger partial charge in [0, 0.05) is 13.2 Å². The third kappa shape index (κ3) is 3.53. The van der Waals surface area contributed by atoms with Gasteiger partial charge in [0.2, 0.25) is 10.0 Å². The van der Waals surface area contributed by atoms with Crippen molar-refractivity contribution in [2.24, 2.45) is 0 Å². The minimum Gasteiger partial charge on any atom is -0.477 e. The lowest BCUT2D eigenvalue weighted by Crippen LogP contribution is -2.35. The summed E-state index contributed by atoms with van der Waals surface area (Å²) in [6.45, 7) is 0.822. The summed E-state index contributed by atoms with van der Waals surface area (Å²) in [5.41, 5.74) is 0. The fourth-order valence-corrected chi connectivity index (χ4v) is 4.24. The molecule has 0 bridgehead atoms. The molecule has 1 aliphatic heterocycles. The minimum absolute atomic E-state index is 0.129. The summed E-state index contributed by atoms with van der Waals surface area (Å²) in [5.74, 6) is -1.23. The molecule has 19 heavy (non-hydrogen) atoms. The number of hydrogen-bond donors (Lipinski definition) is 2. The SMILES string of the molecule is O=C(O)c1sccc1S(=O)(=O)NCC1CCCCO1. The van der Waals surface area contributed by atoms with Gasteiger partial charge in [-0.2, -0.15) is 0 Å². The smallest absolute Gasteiger partial charge is 0.347 e. The summed E-state index contributed by atoms with van der Waals surface area (Å²) in [7, 11) is -3.79. The van der Waals surface area contributed by atoms with E-state index in [4.69, 9.17) is 9.84 Å². The second kappa shape index (κ2) is 6.00. The monoisotopic (exact) mass is 305 g/mol. The van der Waals surface area contributed by atoms with Crippen molar-refractivity contribution in [3.8, 4) is 0 Å². The van der Waals surface area contributed by atoms with E-state index in [1.165, 1.54) is 11.4 Å². The van der Waals surface area contributed by atoms with Crippen molar-refractivity contribution in [3.05, 3.63) is 16.3 Å². The molecule has 0 spiro atoms. The Kier molecular flexibility index (Phi) is 4.56. The van der Waals surface area contributed by atoms with Crippen molar-refractivity contribution in [3.63, 3.8) is 0 Å². The van der Waals surface area contributed by atoms with E-state index >= 15 is 0 Å². The van der Waals surface area contributed by atoms with Gasteiger partial charge in [-0.05, 0) is 30.7 Å². The van der Waals surface area contributed by atoms with Gasteiger partial charge in [0.1, 0.15) is 9.77 Å². The van der Waals surface area contributed by atoms with Crippen LogP contribution in [0.4, 0.5) is 0 Å². The Labute approximate surface area is 115 Å². The molecule has 1 saturated heterocycles. The largest absolute Gasteiger partial charge is 0.477 e. The highest BCUT2D eigenvalue weighted by atomic mass is 32.2. The predicted molar refractivity (Wildman–Crippen MR) is 70.1 cm³/mol. The molecule has 6 nitrogen and oxygen atoms in total. The van der Waals surface area contributed by atoms with Crippen molar-refractivity contribution in [2.45, 2.75) is 30.3 Å². The zero-order chi connectivity index (χ0) is 13.9. The van der Waals surface area contributed by atoms with Crippen LogP contribution in [0.1, 0.15) is 28.9 Å². The van der Waals surface area contributed by atoms with Crippen molar-refractivity contribution < 1.29 is 23.1 Å². The van der Waals surface area contributed by atoms with Gasteiger partial charge in [-0.3, -0.25) is 0 Å². The van der Waals surface area contributed by atoms with Crippen molar-refractivity contribution in [2.75, 3.05) is 13.2 Å².